The Bertz CT molecular complexity index is 284. The summed E-state index contributed by atoms with van der Waals surface area (Å²) in [5, 5.41) is 7.19. The Morgan fingerprint density at radius 3 is 3.00 bits per heavy atom. The summed E-state index contributed by atoms with van der Waals surface area (Å²) in [6, 6.07) is 1.88. The second-order valence-corrected chi connectivity index (χ2v) is 4.30. The molecule has 0 spiro atoms. The molecule has 0 atom stereocenters. The average Bonchev–Trinajstić information content (AvgIpc) is 2.88. The lowest BCUT2D eigenvalue weighted by atomic mass is 10.3. The minimum absolute atomic E-state index is 0.730. The second-order valence-electron chi connectivity index (χ2n) is 4.30. The van der Waals surface area contributed by atoms with Gasteiger partial charge in [-0.2, -0.15) is 0 Å². The van der Waals surface area contributed by atoms with Gasteiger partial charge in [-0.05, 0) is 6.42 Å². The Morgan fingerprint density at radius 2 is 2.24 bits per heavy atom. The summed E-state index contributed by atoms with van der Waals surface area (Å²) >= 11 is 0. The predicted molar refractivity (Wildman–Crippen MR) is 65.0 cm³/mol. The molecule has 0 aliphatic carbocycles. The number of piperazine rings is 1. The van der Waals surface area contributed by atoms with E-state index in [0.717, 1.165) is 51.4 Å². The molecule has 1 aromatic rings. The maximum Gasteiger partial charge on any atom is 0.124 e. The van der Waals surface area contributed by atoms with Crippen molar-refractivity contribution in [3.05, 3.63) is 18.0 Å². The lowest BCUT2D eigenvalue weighted by Crippen LogP contribution is -2.43. The Balaban J connectivity index is 1.43. The van der Waals surface area contributed by atoms with Crippen molar-refractivity contribution in [2.24, 2.45) is 0 Å². The van der Waals surface area contributed by atoms with Crippen molar-refractivity contribution in [3.8, 4) is 0 Å². The molecule has 1 saturated heterocycles. The van der Waals surface area contributed by atoms with E-state index >= 15 is 0 Å². The summed E-state index contributed by atoms with van der Waals surface area (Å²) in [5.41, 5.74) is 0.965. The number of hydrogen-bond acceptors (Lipinski definition) is 5. The van der Waals surface area contributed by atoms with E-state index in [9.17, 15) is 0 Å². The topological polar surface area (TPSA) is 50.5 Å². The smallest absolute Gasteiger partial charge is 0.124 e. The Morgan fingerprint density at radius 1 is 1.35 bits per heavy atom. The van der Waals surface area contributed by atoms with E-state index in [1.54, 1.807) is 6.26 Å². The highest BCUT2D eigenvalue weighted by molar-refractivity contribution is 4.94. The van der Waals surface area contributed by atoms with Crippen LogP contribution in [-0.4, -0.2) is 56.0 Å². The van der Waals surface area contributed by atoms with Crippen LogP contribution in [0.5, 0.6) is 0 Å². The predicted octanol–water partition coefficient (Wildman–Crippen LogP) is 0.529. The fraction of sp³-hybridized carbons (Fsp3) is 0.750. The molecule has 1 aliphatic heterocycles. The van der Waals surface area contributed by atoms with Crippen LogP contribution >= 0.6 is 0 Å². The molecule has 0 amide bonds. The zero-order valence-electron chi connectivity index (χ0n) is 10.2. The first-order valence-electron chi connectivity index (χ1n) is 6.35. The molecular weight excluding hydrogens is 218 g/mol. The van der Waals surface area contributed by atoms with Gasteiger partial charge in [-0.1, -0.05) is 5.16 Å². The molecule has 5 nitrogen and oxygen atoms in total. The molecule has 1 fully saturated rings. The van der Waals surface area contributed by atoms with Crippen LogP contribution < -0.4 is 5.32 Å². The molecule has 17 heavy (non-hydrogen) atoms. The third kappa shape index (κ3) is 4.85. The molecule has 1 aliphatic rings. The van der Waals surface area contributed by atoms with E-state index in [-0.39, 0.29) is 0 Å². The molecule has 0 radical (unpaired) electrons. The molecule has 1 N–H and O–H groups in total. The van der Waals surface area contributed by atoms with Gasteiger partial charge in [-0.3, -0.25) is 0 Å². The summed E-state index contributed by atoms with van der Waals surface area (Å²) in [7, 11) is 0. The summed E-state index contributed by atoms with van der Waals surface area (Å²) in [6.07, 6.45) is 3.54. The standard InChI is InChI=1S/C12H21N3O2/c1(6-15-7-4-13-5-8-15)9-16-10-2-12-3-11-17-14-12/h3,11,13H,1-2,4-10H2. The largest absolute Gasteiger partial charge is 0.381 e. The number of ether oxygens (including phenoxy) is 1. The Kier molecular flexibility index (Phi) is 5.48. The van der Waals surface area contributed by atoms with Crippen LogP contribution in [0, 0.1) is 0 Å². The van der Waals surface area contributed by atoms with E-state index in [0.29, 0.717) is 0 Å². The molecule has 0 aromatic carbocycles. The van der Waals surface area contributed by atoms with Gasteiger partial charge in [0.05, 0.1) is 12.3 Å². The Hall–Kier alpha value is -0.910. The van der Waals surface area contributed by atoms with Crippen molar-refractivity contribution in [2.75, 3.05) is 45.9 Å². The van der Waals surface area contributed by atoms with E-state index in [2.05, 4.69) is 15.4 Å². The molecule has 96 valence electrons. The van der Waals surface area contributed by atoms with Gasteiger partial charge in [0.2, 0.25) is 0 Å². The third-order valence-electron chi connectivity index (χ3n) is 2.97. The van der Waals surface area contributed by atoms with Crippen LogP contribution in [0.3, 0.4) is 0 Å². The molecule has 5 heteroatoms. The molecule has 2 rings (SSSR count). The van der Waals surface area contributed by atoms with Gasteiger partial charge in [0.1, 0.15) is 6.26 Å². The van der Waals surface area contributed by atoms with Crippen molar-refractivity contribution in [2.45, 2.75) is 12.8 Å². The zero-order valence-corrected chi connectivity index (χ0v) is 10.2. The van der Waals surface area contributed by atoms with E-state index in [1.807, 2.05) is 6.07 Å². The first kappa shape index (κ1) is 12.5. The van der Waals surface area contributed by atoms with Gasteiger partial charge in [-0.25, -0.2) is 0 Å². The van der Waals surface area contributed by atoms with Crippen molar-refractivity contribution in [1.29, 1.82) is 0 Å². The molecule has 2 heterocycles. The molecule has 1 aromatic heterocycles. The third-order valence-corrected chi connectivity index (χ3v) is 2.97. The molecule has 0 unspecified atom stereocenters. The van der Waals surface area contributed by atoms with E-state index in [1.165, 1.54) is 13.1 Å². The van der Waals surface area contributed by atoms with Crippen LogP contribution in [0.4, 0.5) is 0 Å². The average molecular weight is 239 g/mol. The van der Waals surface area contributed by atoms with Crippen molar-refractivity contribution in [1.82, 2.24) is 15.4 Å². The minimum atomic E-state index is 0.730. The van der Waals surface area contributed by atoms with Gasteiger partial charge >= 0.3 is 0 Å². The highest BCUT2D eigenvalue weighted by Crippen LogP contribution is 1.98. The number of nitrogens with one attached hydrogen (secondary N) is 1. The van der Waals surface area contributed by atoms with Gasteiger partial charge in [0, 0.05) is 51.8 Å². The van der Waals surface area contributed by atoms with Crippen molar-refractivity contribution >= 4 is 0 Å². The van der Waals surface area contributed by atoms with Gasteiger partial charge in [0.25, 0.3) is 0 Å². The highest BCUT2D eigenvalue weighted by atomic mass is 16.5. The summed E-state index contributed by atoms with van der Waals surface area (Å²) in [6.45, 7) is 7.28. The maximum atomic E-state index is 5.57. The lowest BCUT2D eigenvalue weighted by Gasteiger charge is -2.26. The summed E-state index contributed by atoms with van der Waals surface area (Å²) in [5.74, 6) is 0. The fourth-order valence-corrected chi connectivity index (χ4v) is 1.97. The number of hydrogen-bond donors (Lipinski definition) is 1. The molecule has 0 saturated carbocycles. The van der Waals surface area contributed by atoms with Crippen LogP contribution in [-0.2, 0) is 11.2 Å². The van der Waals surface area contributed by atoms with Crippen molar-refractivity contribution in [3.63, 3.8) is 0 Å². The first-order valence-corrected chi connectivity index (χ1v) is 6.35. The van der Waals surface area contributed by atoms with Crippen LogP contribution in [0.1, 0.15) is 12.1 Å². The monoisotopic (exact) mass is 239 g/mol. The van der Waals surface area contributed by atoms with Crippen LogP contribution in [0.15, 0.2) is 16.9 Å². The lowest BCUT2D eigenvalue weighted by molar-refractivity contribution is 0.119. The first-order chi connectivity index (χ1) is 8.45. The van der Waals surface area contributed by atoms with Crippen molar-refractivity contribution < 1.29 is 9.26 Å². The Labute approximate surface area is 102 Å². The summed E-state index contributed by atoms with van der Waals surface area (Å²) < 4.78 is 10.3. The van der Waals surface area contributed by atoms with E-state index in [4.69, 9.17) is 9.26 Å². The normalized spacial score (nSPS) is 17.4. The fourth-order valence-electron chi connectivity index (χ4n) is 1.97. The minimum Gasteiger partial charge on any atom is -0.381 e. The maximum absolute atomic E-state index is 5.57. The quantitative estimate of drug-likeness (QED) is 0.703. The molecular formula is C12H21N3O2. The highest BCUT2D eigenvalue weighted by Gasteiger charge is 2.08. The SMILES string of the molecule is c1cc(CCOCCCN2CCNCC2)no1. The number of nitrogens with zero attached hydrogens (tertiary/aromatic N) is 2. The molecule has 0 bridgehead atoms. The van der Waals surface area contributed by atoms with Crippen LogP contribution in [0.25, 0.3) is 0 Å². The van der Waals surface area contributed by atoms with Gasteiger partial charge < -0.3 is 19.5 Å². The number of aromatic nitrogens is 1. The summed E-state index contributed by atoms with van der Waals surface area (Å²) in [4.78, 5) is 2.48. The van der Waals surface area contributed by atoms with Gasteiger partial charge in [0.15, 0.2) is 0 Å². The van der Waals surface area contributed by atoms with Gasteiger partial charge in [-0.15, -0.1) is 0 Å². The van der Waals surface area contributed by atoms with Crippen LogP contribution in [0.2, 0.25) is 0 Å². The second kappa shape index (κ2) is 7.42. The van der Waals surface area contributed by atoms with E-state index < -0.39 is 0 Å². The zero-order chi connectivity index (χ0) is 11.8. The number of rotatable bonds is 7.